The van der Waals surface area contributed by atoms with Crippen LogP contribution in [0.5, 0.6) is 5.75 Å². The van der Waals surface area contributed by atoms with Crippen molar-refractivity contribution in [1.29, 1.82) is 0 Å². The molecule has 1 atom stereocenters. The van der Waals surface area contributed by atoms with Crippen LogP contribution in [-0.4, -0.2) is 12.4 Å². The number of unbranched alkanes of at least 4 members (excludes halogenated alkanes) is 1. The Bertz CT molecular complexity index is 371. The van der Waals surface area contributed by atoms with Crippen LogP contribution in [0.15, 0.2) is 24.3 Å². The smallest absolute Gasteiger partial charge is 0.169 e. The van der Waals surface area contributed by atoms with Crippen molar-refractivity contribution in [2.45, 2.75) is 46.5 Å². The lowest BCUT2D eigenvalue weighted by Crippen LogP contribution is -2.15. The molecular weight excluding hydrogens is 224 g/mol. The van der Waals surface area contributed by atoms with Gasteiger partial charge in [-0.2, -0.15) is 0 Å². The highest BCUT2D eigenvalue weighted by Gasteiger charge is 2.20. The molecule has 0 heterocycles. The topological polar surface area (TPSA) is 26.3 Å². The van der Waals surface area contributed by atoms with E-state index in [1.165, 1.54) is 0 Å². The second-order valence-electron chi connectivity index (χ2n) is 4.54. The highest BCUT2D eigenvalue weighted by Crippen LogP contribution is 2.25. The summed E-state index contributed by atoms with van der Waals surface area (Å²) in [5, 5.41) is 0. The number of ketones is 1. The summed E-state index contributed by atoms with van der Waals surface area (Å²) in [7, 11) is 0. The van der Waals surface area contributed by atoms with Crippen LogP contribution in [0.25, 0.3) is 0 Å². The van der Waals surface area contributed by atoms with Crippen molar-refractivity contribution in [2.24, 2.45) is 5.92 Å². The molecule has 0 aliphatic heterocycles. The third kappa shape index (κ3) is 3.86. The summed E-state index contributed by atoms with van der Waals surface area (Å²) in [5.74, 6) is 1.08. The van der Waals surface area contributed by atoms with Crippen molar-refractivity contribution in [3.05, 3.63) is 29.8 Å². The van der Waals surface area contributed by atoms with E-state index in [0.29, 0.717) is 6.61 Å². The van der Waals surface area contributed by atoms with Crippen molar-refractivity contribution >= 4 is 5.78 Å². The summed E-state index contributed by atoms with van der Waals surface area (Å²) >= 11 is 0. The maximum Gasteiger partial charge on any atom is 0.169 e. The summed E-state index contributed by atoms with van der Waals surface area (Å²) in [4.78, 5) is 12.5. The Kier molecular flexibility index (Phi) is 6.48. The van der Waals surface area contributed by atoms with Crippen LogP contribution in [0.1, 0.15) is 56.8 Å². The van der Waals surface area contributed by atoms with Gasteiger partial charge in [0.25, 0.3) is 0 Å². The molecule has 0 spiro atoms. The number of Topliss-reactive ketones (excluding diaryl/α,β-unsaturated/α-hetero) is 1. The van der Waals surface area contributed by atoms with Gasteiger partial charge >= 0.3 is 0 Å². The third-order valence-electron chi connectivity index (χ3n) is 3.22. The third-order valence-corrected chi connectivity index (χ3v) is 3.22. The van der Waals surface area contributed by atoms with Crippen molar-refractivity contribution < 1.29 is 9.53 Å². The van der Waals surface area contributed by atoms with Gasteiger partial charge in [0.1, 0.15) is 5.75 Å². The van der Waals surface area contributed by atoms with Gasteiger partial charge in [0, 0.05) is 5.92 Å². The highest BCUT2D eigenvalue weighted by atomic mass is 16.5. The summed E-state index contributed by atoms with van der Waals surface area (Å²) in [6, 6.07) is 7.57. The number of ether oxygens (including phenoxy) is 1. The molecule has 0 aliphatic rings. The molecule has 0 saturated carbocycles. The number of hydrogen-bond acceptors (Lipinski definition) is 2. The lowest BCUT2D eigenvalue weighted by Gasteiger charge is -2.15. The maximum atomic E-state index is 12.5. The molecule has 1 aromatic rings. The average Bonchev–Trinajstić information content (AvgIpc) is 2.40. The number of para-hydroxylation sites is 1. The van der Waals surface area contributed by atoms with Gasteiger partial charge in [0.05, 0.1) is 12.2 Å². The molecule has 100 valence electrons. The molecule has 0 radical (unpaired) electrons. The standard InChI is InChI=1S/C16H24O2/c1-4-7-10-13(5-2)16(17)14-11-8-9-12-15(14)18-6-3/h8-9,11-13H,4-7,10H2,1-3H3. The zero-order valence-corrected chi connectivity index (χ0v) is 11.7. The Labute approximate surface area is 110 Å². The van der Waals surface area contributed by atoms with Gasteiger partial charge in [-0.05, 0) is 31.9 Å². The van der Waals surface area contributed by atoms with Gasteiger partial charge in [-0.1, -0.05) is 38.8 Å². The van der Waals surface area contributed by atoms with Gasteiger partial charge in [-0.25, -0.2) is 0 Å². The first-order valence-electron chi connectivity index (χ1n) is 7.00. The van der Waals surface area contributed by atoms with Crippen molar-refractivity contribution in [2.75, 3.05) is 6.61 Å². The normalized spacial score (nSPS) is 12.2. The monoisotopic (exact) mass is 248 g/mol. The number of hydrogen-bond donors (Lipinski definition) is 0. The molecule has 0 fully saturated rings. The molecule has 1 rings (SSSR count). The van der Waals surface area contributed by atoms with Crippen molar-refractivity contribution in [3.63, 3.8) is 0 Å². The Balaban J connectivity index is 2.86. The van der Waals surface area contributed by atoms with Crippen molar-refractivity contribution in [3.8, 4) is 5.75 Å². The molecule has 1 aromatic carbocycles. The molecule has 18 heavy (non-hydrogen) atoms. The van der Waals surface area contributed by atoms with Crippen LogP contribution in [0.3, 0.4) is 0 Å². The van der Waals surface area contributed by atoms with E-state index in [4.69, 9.17) is 4.74 Å². The molecule has 0 bridgehead atoms. The number of carbonyl (C=O) groups excluding carboxylic acids is 1. The Morgan fingerprint density at radius 1 is 1.22 bits per heavy atom. The van der Waals surface area contributed by atoms with Crippen LogP contribution < -0.4 is 4.74 Å². The van der Waals surface area contributed by atoms with Gasteiger partial charge < -0.3 is 4.74 Å². The summed E-state index contributed by atoms with van der Waals surface area (Å²) < 4.78 is 5.54. The van der Waals surface area contributed by atoms with Crippen LogP contribution in [0, 0.1) is 5.92 Å². The summed E-state index contributed by atoms with van der Waals surface area (Å²) in [6.45, 7) is 6.78. The summed E-state index contributed by atoms with van der Waals surface area (Å²) in [6.07, 6.45) is 4.13. The number of rotatable bonds is 8. The Morgan fingerprint density at radius 3 is 2.56 bits per heavy atom. The lowest BCUT2D eigenvalue weighted by molar-refractivity contribution is 0.0904. The zero-order valence-electron chi connectivity index (χ0n) is 11.7. The minimum Gasteiger partial charge on any atom is -0.493 e. The molecule has 2 heteroatoms. The fourth-order valence-corrected chi connectivity index (χ4v) is 2.14. The van der Waals surface area contributed by atoms with Gasteiger partial charge in [0.15, 0.2) is 5.78 Å². The van der Waals surface area contributed by atoms with E-state index >= 15 is 0 Å². The van der Waals surface area contributed by atoms with Gasteiger partial charge in [-0.15, -0.1) is 0 Å². The SMILES string of the molecule is CCCCC(CC)C(=O)c1ccccc1OCC. The van der Waals surface area contributed by atoms with E-state index < -0.39 is 0 Å². The predicted molar refractivity (Wildman–Crippen MR) is 75.2 cm³/mol. The second kappa shape index (κ2) is 7.91. The van der Waals surface area contributed by atoms with Crippen LogP contribution in [0.2, 0.25) is 0 Å². The fraction of sp³-hybridized carbons (Fsp3) is 0.562. The lowest BCUT2D eigenvalue weighted by atomic mass is 9.90. The second-order valence-corrected chi connectivity index (χ2v) is 4.54. The fourth-order valence-electron chi connectivity index (χ4n) is 2.14. The van der Waals surface area contributed by atoms with E-state index in [1.54, 1.807) is 0 Å². The van der Waals surface area contributed by atoms with E-state index in [2.05, 4.69) is 13.8 Å². The first-order valence-corrected chi connectivity index (χ1v) is 7.00. The maximum absolute atomic E-state index is 12.5. The van der Waals surface area contributed by atoms with E-state index in [0.717, 1.165) is 37.0 Å². The van der Waals surface area contributed by atoms with Crippen molar-refractivity contribution in [1.82, 2.24) is 0 Å². The summed E-state index contributed by atoms with van der Waals surface area (Å²) in [5.41, 5.74) is 0.738. The zero-order chi connectivity index (χ0) is 13.4. The van der Waals surface area contributed by atoms with Crippen LogP contribution in [-0.2, 0) is 0 Å². The molecule has 1 unspecified atom stereocenters. The Hall–Kier alpha value is -1.31. The van der Waals surface area contributed by atoms with Crippen LogP contribution >= 0.6 is 0 Å². The first kappa shape index (κ1) is 14.7. The number of benzene rings is 1. The first-order chi connectivity index (χ1) is 8.74. The number of carbonyl (C=O) groups is 1. The van der Waals surface area contributed by atoms with Crippen LogP contribution in [0.4, 0.5) is 0 Å². The minimum absolute atomic E-state index is 0.131. The Morgan fingerprint density at radius 2 is 1.94 bits per heavy atom. The molecule has 0 saturated heterocycles. The molecule has 0 aromatic heterocycles. The van der Waals surface area contributed by atoms with E-state index in [-0.39, 0.29) is 11.7 Å². The minimum atomic E-state index is 0.131. The molecular formula is C16H24O2. The van der Waals surface area contributed by atoms with Gasteiger partial charge in [0.2, 0.25) is 0 Å². The molecule has 0 amide bonds. The predicted octanol–water partition coefficient (Wildman–Crippen LogP) is 4.48. The molecule has 2 nitrogen and oxygen atoms in total. The quantitative estimate of drug-likeness (QED) is 0.634. The van der Waals surface area contributed by atoms with Gasteiger partial charge in [-0.3, -0.25) is 4.79 Å². The molecule has 0 N–H and O–H groups in total. The largest absolute Gasteiger partial charge is 0.493 e. The van der Waals surface area contributed by atoms with E-state index in [9.17, 15) is 4.79 Å². The highest BCUT2D eigenvalue weighted by molar-refractivity contribution is 6.00. The molecule has 0 aliphatic carbocycles. The van der Waals surface area contributed by atoms with E-state index in [1.807, 2.05) is 31.2 Å². The average molecular weight is 248 g/mol.